The van der Waals surface area contributed by atoms with Gasteiger partial charge in [-0.3, -0.25) is 15.0 Å². The molecule has 1 aliphatic rings. The van der Waals surface area contributed by atoms with Crippen LogP contribution in [0.2, 0.25) is 0 Å². The fourth-order valence-corrected chi connectivity index (χ4v) is 2.82. The number of hydrogen-bond acceptors (Lipinski definition) is 4. The summed E-state index contributed by atoms with van der Waals surface area (Å²) < 4.78 is 2.18. The summed E-state index contributed by atoms with van der Waals surface area (Å²) in [5.74, 6) is 0. The van der Waals surface area contributed by atoms with Gasteiger partial charge < -0.3 is 9.47 Å². The molecule has 1 fully saturated rings. The molecule has 2 aromatic rings. The molecule has 6 nitrogen and oxygen atoms in total. The van der Waals surface area contributed by atoms with Crippen LogP contribution >= 0.6 is 0 Å². The van der Waals surface area contributed by atoms with Crippen LogP contribution in [0.4, 0.5) is 5.69 Å². The van der Waals surface area contributed by atoms with Crippen LogP contribution in [0.5, 0.6) is 0 Å². The Morgan fingerprint density at radius 2 is 1.90 bits per heavy atom. The van der Waals surface area contributed by atoms with E-state index in [0.29, 0.717) is 0 Å². The Balaban J connectivity index is 1.68. The number of nitrogens with zero attached hydrogens (tertiary/aromatic N) is 4. The average Bonchev–Trinajstić information content (AvgIpc) is 2.89. The van der Waals surface area contributed by atoms with Gasteiger partial charge in [-0.05, 0) is 19.2 Å². The molecule has 2 heterocycles. The third kappa shape index (κ3) is 3.06. The normalized spacial score (nSPS) is 17.4. The average molecular weight is 288 g/mol. The minimum atomic E-state index is -0.346. The summed E-state index contributed by atoms with van der Waals surface area (Å²) in [6.07, 6.45) is 2.02. The van der Waals surface area contributed by atoms with Crippen molar-refractivity contribution in [3.63, 3.8) is 0 Å². The van der Waals surface area contributed by atoms with Crippen molar-refractivity contribution in [1.82, 2.24) is 14.4 Å². The first kappa shape index (κ1) is 14.0. The number of piperazine rings is 1. The highest BCUT2D eigenvalue weighted by molar-refractivity contribution is 5.82. The Labute approximate surface area is 123 Å². The molecular weight excluding hydrogens is 268 g/mol. The number of nitro benzene ring substituents is 1. The summed E-state index contributed by atoms with van der Waals surface area (Å²) in [5, 5.41) is 11.7. The van der Waals surface area contributed by atoms with Crippen molar-refractivity contribution in [2.45, 2.75) is 6.54 Å². The van der Waals surface area contributed by atoms with E-state index >= 15 is 0 Å². The second-order valence-corrected chi connectivity index (χ2v) is 5.65. The standard InChI is InChI=1S/C15H20N4O2/c1-16-6-8-17(9-7-16)10-11-18-5-4-13-12-14(19(20)21)2-3-15(13)18/h2-5,12H,6-11H2,1H3. The lowest BCUT2D eigenvalue weighted by Crippen LogP contribution is -2.45. The van der Waals surface area contributed by atoms with E-state index in [4.69, 9.17) is 0 Å². The molecule has 0 unspecified atom stereocenters. The molecule has 0 spiro atoms. The molecule has 0 radical (unpaired) electrons. The largest absolute Gasteiger partial charge is 0.346 e. The zero-order valence-electron chi connectivity index (χ0n) is 12.2. The third-order valence-corrected chi connectivity index (χ3v) is 4.22. The van der Waals surface area contributed by atoms with Crippen molar-refractivity contribution in [3.8, 4) is 0 Å². The van der Waals surface area contributed by atoms with E-state index in [2.05, 4.69) is 21.4 Å². The highest BCUT2D eigenvalue weighted by Crippen LogP contribution is 2.21. The van der Waals surface area contributed by atoms with Gasteiger partial charge in [0.15, 0.2) is 0 Å². The van der Waals surface area contributed by atoms with Crippen LogP contribution in [0.1, 0.15) is 0 Å². The molecule has 0 aliphatic carbocycles. The first-order chi connectivity index (χ1) is 10.1. The lowest BCUT2D eigenvalue weighted by molar-refractivity contribution is -0.384. The molecule has 0 bridgehead atoms. The Morgan fingerprint density at radius 1 is 1.14 bits per heavy atom. The number of aromatic nitrogens is 1. The number of nitro groups is 1. The van der Waals surface area contributed by atoms with E-state index in [1.165, 1.54) is 0 Å². The second-order valence-electron chi connectivity index (χ2n) is 5.65. The van der Waals surface area contributed by atoms with Crippen molar-refractivity contribution < 1.29 is 4.92 Å². The van der Waals surface area contributed by atoms with Crippen LogP contribution in [-0.2, 0) is 6.54 Å². The number of benzene rings is 1. The Hall–Kier alpha value is -1.92. The van der Waals surface area contributed by atoms with Crippen LogP contribution in [-0.4, -0.2) is 59.1 Å². The van der Waals surface area contributed by atoms with Crippen molar-refractivity contribution in [1.29, 1.82) is 0 Å². The lowest BCUT2D eigenvalue weighted by Gasteiger charge is -2.32. The summed E-state index contributed by atoms with van der Waals surface area (Å²) in [4.78, 5) is 15.3. The molecule has 1 saturated heterocycles. The van der Waals surface area contributed by atoms with Crippen molar-refractivity contribution in [2.75, 3.05) is 39.8 Å². The molecule has 112 valence electrons. The number of likely N-dealkylation sites (N-methyl/N-ethyl adjacent to an activating group) is 1. The molecule has 1 aromatic carbocycles. The van der Waals surface area contributed by atoms with E-state index < -0.39 is 0 Å². The van der Waals surface area contributed by atoms with Crippen molar-refractivity contribution in [2.24, 2.45) is 0 Å². The van der Waals surface area contributed by atoms with E-state index in [0.717, 1.165) is 50.2 Å². The Bertz CT molecular complexity index is 644. The predicted octanol–water partition coefficient (Wildman–Crippen LogP) is 1.80. The van der Waals surface area contributed by atoms with E-state index in [-0.39, 0.29) is 10.6 Å². The minimum Gasteiger partial charge on any atom is -0.346 e. The molecule has 0 saturated carbocycles. The summed E-state index contributed by atoms with van der Waals surface area (Å²) in [6.45, 7) is 6.42. The monoisotopic (exact) mass is 288 g/mol. The van der Waals surface area contributed by atoms with Crippen molar-refractivity contribution >= 4 is 16.6 Å². The smallest absolute Gasteiger partial charge is 0.270 e. The van der Waals surface area contributed by atoms with E-state index in [9.17, 15) is 10.1 Å². The van der Waals surface area contributed by atoms with Crippen LogP contribution in [0, 0.1) is 10.1 Å². The van der Waals surface area contributed by atoms with Gasteiger partial charge in [-0.25, -0.2) is 0 Å². The first-order valence-electron chi connectivity index (χ1n) is 7.28. The van der Waals surface area contributed by atoms with Gasteiger partial charge in [0, 0.05) is 68.5 Å². The van der Waals surface area contributed by atoms with Gasteiger partial charge in [-0.2, -0.15) is 0 Å². The number of rotatable bonds is 4. The highest BCUT2D eigenvalue weighted by Gasteiger charge is 2.14. The van der Waals surface area contributed by atoms with E-state index in [1.807, 2.05) is 18.3 Å². The molecule has 0 atom stereocenters. The maximum atomic E-state index is 10.8. The Kier molecular flexibility index (Phi) is 3.90. The molecule has 3 rings (SSSR count). The Morgan fingerprint density at radius 3 is 2.62 bits per heavy atom. The molecule has 1 aromatic heterocycles. The molecule has 21 heavy (non-hydrogen) atoms. The van der Waals surface area contributed by atoms with Crippen molar-refractivity contribution in [3.05, 3.63) is 40.6 Å². The van der Waals surface area contributed by atoms with Gasteiger partial charge in [0.05, 0.1) is 4.92 Å². The minimum absolute atomic E-state index is 0.152. The topological polar surface area (TPSA) is 54.5 Å². The van der Waals surface area contributed by atoms with Gasteiger partial charge in [-0.1, -0.05) is 0 Å². The van der Waals surface area contributed by atoms with Gasteiger partial charge in [0.25, 0.3) is 5.69 Å². The zero-order valence-corrected chi connectivity index (χ0v) is 12.2. The maximum absolute atomic E-state index is 10.8. The summed E-state index contributed by atoms with van der Waals surface area (Å²) in [7, 11) is 2.16. The third-order valence-electron chi connectivity index (χ3n) is 4.22. The molecule has 1 aliphatic heterocycles. The van der Waals surface area contributed by atoms with Crippen LogP contribution < -0.4 is 0 Å². The fourth-order valence-electron chi connectivity index (χ4n) is 2.82. The molecule has 0 N–H and O–H groups in total. The van der Waals surface area contributed by atoms with Gasteiger partial charge in [0.1, 0.15) is 0 Å². The SMILES string of the molecule is CN1CCN(CCn2ccc3cc([N+](=O)[O-])ccc32)CC1. The van der Waals surface area contributed by atoms with Crippen LogP contribution in [0.25, 0.3) is 10.9 Å². The fraction of sp³-hybridized carbons (Fsp3) is 0.467. The predicted molar refractivity (Wildman–Crippen MR) is 82.5 cm³/mol. The van der Waals surface area contributed by atoms with Crippen LogP contribution in [0.15, 0.2) is 30.5 Å². The van der Waals surface area contributed by atoms with Gasteiger partial charge in [-0.15, -0.1) is 0 Å². The number of hydrogen-bond donors (Lipinski definition) is 0. The first-order valence-corrected chi connectivity index (χ1v) is 7.28. The lowest BCUT2D eigenvalue weighted by atomic mass is 10.2. The molecule has 0 amide bonds. The summed E-state index contributed by atoms with van der Waals surface area (Å²) in [5.41, 5.74) is 1.22. The highest BCUT2D eigenvalue weighted by atomic mass is 16.6. The summed E-state index contributed by atoms with van der Waals surface area (Å²) >= 11 is 0. The summed E-state index contributed by atoms with van der Waals surface area (Å²) in [6, 6.07) is 7.01. The van der Waals surface area contributed by atoms with E-state index in [1.54, 1.807) is 12.1 Å². The second kappa shape index (κ2) is 5.83. The zero-order chi connectivity index (χ0) is 14.8. The number of non-ortho nitro benzene ring substituents is 1. The maximum Gasteiger partial charge on any atom is 0.270 e. The quantitative estimate of drug-likeness (QED) is 0.636. The van der Waals surface area contributed by atoms with Crippen LogP contribution in [0.3, 0.4) is 0 Å². The van der Waals surface area contributed by atoms with Gasteiger partial charge >= 0.3 is 0 Å². The van der Waals surface area contributed by atoms with Gasteiger partial charge in [0.2, 0.25) is 0 Å². The number of fused-ring (bicyclic) bond motifs is 1. The molecular formula is C15H20N4O2. The molecule has 6 heteroatoms.